The van der Waals surface area contributed by atoms with Gasteiger partial charge in [0.25, 0.3) is 0 Å². The van der Waals surface area contributed by atoms with Gasteiger partial charge in [-0.05, 0) is 79.6 Å². The Balaban J connectivity index is 1.61. The van der Waals surface area contributed by atoms with Gasteiger partial charge >= 0.3 is 5.97 Å². The molecular weight excluding hydrogens is 392 g/mol. The molecule has 1 N–H and O–H groups in total. The summed E-state index contributed by atoms with van der Waals surface area (Å²) < 4.78 is 5.90. The van der Waals surface area contributed by atoms with E-state index < -0.39 is 18.6 Å². The lowest BCUT2D eigenvalue weighted by molar-refractivity contribution is -0.155. The molecular formula is C26H38O5. The van der Waals surface area contributed by atoms with Gasteiger partial charge in [-0.2, -0.15) is 0 Å². The Labute approximate surface area is 186 Å². The number of allylic oxidation sites excluding steroid dienone is 1. The summed E-state index contributed by atoms with van der Waals surface area (Å²) in [7, 11) is 0. The number of fused-ring (bicyclic) bond motifs is 5. The number of ether oxygens (including phenoxy) is 1. The van der Waals surface area contributed by atoms with Crippen LogP contribution in [0.2, 0.25) is 0 Å². The van der Waals surface area contributed by atoms with E-state index in [0.717, 1.165) is 51.4 Å². The molecule has 0 heterocycles. The van der Waals surface area contributed by atoms with Crippen molar-refractivity contribution in [2.45, 2.75) is 91.1 Å². The third kappa shape index (κ3) is 3.71. The van der Waals surface area contributed by atoms with Gasteiger partial charge in [0.05, 0.1) is 5.92 Å². The standard InChI is InChI=1S/C26H38O5/c1-4-5-6-23(30)31-22-14-20-18-8-7-16-13-17(28)9-11-25(16,2)19(18)10-12-26(20,3)24(22)21(29)15-27/h13,18-20,22,24,27H,4-12,14-15H2,1-3H3/t18-,19+,20+,22-,24?,25+,26+/m1/s1. The number of rotatable bonds is 6. The van der Waals surface area contributed by atoms with Crippen LogP contribution in [0.4, 0.5) is 0 Å². The number of ketones is 2. The summed E-state index contributed by atoms with van der Waals surface area (Å²) in [6, 6.07) is 0. The van der Waals surface area contributed by atoms with E-state index >= 15 is 0 Å². The van der Waals surface area contributed by atoms with Crippen molar-refractivity contribution in [2.24, 2.45) is 34.5 Å². The van der Waals surface area contributed by atoms with Crippen LogP contribution in [0.5, 0.6) is 0 Å². The molecule has 4 aliphatic rings. The zero-order valence-electron chi connectivity index (χ0n) is 19.3. The lowest BCUT2D eigenvalue weighted by Gasteiger charge is -2.57. The molecule has 0 aromatic heterocycles. The molecule has 3 fully saturated rings. The van der Waals surface area contributed by atoms with Crippen molar-refractivity contribution < 1.29 is 24.2 Å². The Kier molecular flexibility index (Phi) is 6.19. The molecule has 0 spiro atoms. The first-order chi connectivity index (χ1) is 14.7. The Morgan fingerprint density at radius 1 is 1.16 bits per heavy atom. The monoisotopic (exact) mass is 430 g/mol. The highest BCUT2D eigenvalue weighted by atomic mass is 16.5. The molecule has 5 nitrogen and oxygen atoms in total. The number of Topliss-reactive ketones (excluding diaryl/α,β-unsaturated/α-hetero) is 1. The van der Waals surface area contributed by atoms with E-state index in [1.165, 1.54) is 5.57 Å². The molecule has 0 bridgehead atoms. The average molecular weight is 431 g/mol. The lowest BCUT2D eigenvalue weighted by atomic mass is 9.46. The second kappa shape index (κ2) is 8.46. The highest BCUT2D eigenvalue weighted by Crippen LogP contribution is 2.67. The fourth-order valence-corrected chi connectivity index (χ4v) is 7.89. The maximum Gasteiger partial charge on any atom is 0.306 e. The summed E-state index contributed by atoms with van der Waals surface area (Å²) in [5.41, 5.74) is 1.17. The van der Waals surface area contributed by atoms with Crippen molar-refractivity contribution in [2.75, 3.05) is 6.61 Å². The number of hydrogen-bond donors (Lipinski definition) is 1. The quantitative estimate of drug-likeness (QED) is 0.632. The van der Waals surface area contributed by atoms with E-state index in [4.69, 9.17) is 4.74 Å². The molecule has 3 saturated carbocycles. The molecule has 0 aromatic rings. The van der Waals surface area contributed by atoms with E-state index in [2.05, 4.69) is 13.8 Å². The molecule has 0 aliphatic heterocycles. The van der Waals surface area contributed by atoms with Crippen LogP contribution in [0.1, 0.15) is 85.0 Å². The fourth-order valence-electron chi connectivity index (χ4n) is 7.89. The van der Waals surface area contributed by atoms with Crippen molar-refractivity contribution in [3.63, 3.8) is 0 Å². The maximum absolute atomic E-state index is 12.9. The fraction of sp³-hybridized carbons (Fsp3) is 0.808. The Bertz CT molecular complexity index is 785. The van der Waals surface area contributed by atoms with Gasteiger partial charge in [0.15, 0.2) is 11.6 Å². The lowest BCUT2D eigenvalue weighted by Crippen LogP contribution is -2.51. The first kappa shape index (κ1) is 22.7. The van der Waals surface area contributed by atoms with Gasteiger partial charge in [-0.1, -0.05) is 32.8 Å². The average Bonchev–Trinajstić information content (AvgIpc) is 3.04. The topological polar surface area (TPSA) is 80.7 Å². The van der Waals surface area contributed by atoms with Crippen LogP contribution < -0.4 is 0 Å². The van der Waals surface area contributed by atoms with Gasteiger partial charge in [0.2, 0.25) is 0 Å². The minimum Gasteiger partial charge on any atom is -0.462 e. The first-order valence-corrected chi connectivity index (χ1v) is 12.3. The number of hydrogen-bond acceptors (Lipinski definition) is 5. The summed E-state index contributed by atoms with van der Waals surface area (Å²) in [6.07, 6.45) is 9.83. The van der Waals surface area contributed by atoms with Gasteiger partial charge in [-0.25, -0.2) is 0 Å². The van der Waals surface area contributed by atoms with Crippen LogP contribution >= 0.6 is 0 Å². The highest BCUT2D eigenvalue weighted by Gasteiger charge is 2.63. The predicted molar refractivity (Wildman–Crippen MR) is 117 cm³/mol. The Morgan fingerprint density at radius 3 is 2.65 bits per heavy atom. The summed E-state index contributed by atoms with van der Waals surface area (Å²) in [4.78, 5) is 37.4. The van der Waals surface area contributed by atoms with Crippen LogP contribution in [0.3, 0.4) is 0 Å². The predicted octanol–water partition coefficient (Wildman–Crippen LogP) is 4.41. The second-order valence-electron chi connectivity index (χ2n) is 11.0. The van der Waals surface area contributed by atoms with E-state index in [-0.39, 0.29) is 28.4 Å². The molecule has 7 atom stereocenters. The van der Waals surface area contributed by atoms with Crippen LogP contribution in [-0.4, -0.2) is 35.4 Å². The number of aliphatic hydroxyl groups excluding tert-OH is 1. The minimum absolute atomic E-state index is 0.0739. The van der Waals surface area contributed by atoms with Crippen LogP contribution in [0.25, 0.3) is 0 Å². The summed E-state index contributed by atoms with van der Waals surface area (Å²) in [6.45, 7) is 6.10. The SMILES string of the molecule is CCCCC(=O)O[C@@H]1C[C@H]2[C@@H]3CCC4=CC(=O)CC[C@]4(C)[C@H]3CC[C@]2(C)C1C(=O)CO. The summed E-state index contributed by atoms with van der Waals surface area (Å²) in [5, 5.41) is 9.72. The second-order valence-corrected chi connectivity index (χ2v) is 11.0. The highest BCUT2D eigenvalue weighted by molar-refractivity contribution is 5.91. The number of aliphatic hydroxyl groups is 1. The van der Waals surface area contributed by atoms with Crippen LogP contribution in [0, 0.1) is 34.5 Å². The molecule has 31 heavy (non-hydrogen) atoms. The minimum atomic E-state index is -0.489. The zero-order chi connectivity index (χ0) is 22.4. The van der Waals surface area contributed by atoms with E-state index in [0.29, 0.717) is 30.6 Å². The number of carbonyl (C=O) groups excluding carboxylic acids is 3. The molecule has 172 valence electrons. The molecule has 0 amide bonds. The number of unbranched alkanes of at least 4 members (excludes halogenated alkanes) is 1. The largest absolute Gasteiger partial charge is 0.462 e. The van der Waals surface area contributed by atoms with Crippen molar-refractivity contribution in [3.8, 4) is 0 Å². The van der Waals surface area contributed by atoms with Crippen molar-refractivity contribution in [1.82, 2.24) is 0 Å². The summed E-state index contributed by atoms with van der Waals surface area (Å²) >= 11 is 0. The molecule has 1 unspecified atom stereocenters. The van der Waals surface area contributed by atoms with Gasteiger partial charge < -0.3 is 9.84 Å². The van der Waals surface area contributed by atoms with E-state index in [1.54, 1.807) is 0 Å². The van der Waals surface area contributed by atoms with Gasteiger partial charge in [-0.15, -0.1) is 0 Å². The van der Waals surface area contributed by atoms with Gasteiger partial charge in [-0.3, -0.25) is 14.4 Å². The smallest absolute Gasteiger partial charge is 0.306 e. The summed E-state index contributed by atoms with van der Waals surface area (Å²) in [5.74, 6) is 0.759. The number of carbonyl (C=O) groups is 3. The molecule has 0 radical (unpaired) electrons. The third-order valence-electron chi connectivity index (χ3n) is 9.49. The van der Waals surface area contributed by atoms with Crippen molar-refractivity contribution in [1.29, 1.82) is 0 Å². The molecule has 0 aromatic carbocycles. The third-order valence-corrected chi connectivity index (χ3v) is 9.49. The van der Waals surface area contributed by atoms with Crippen molar-refractivity contribution in [3.05, 3.63) is 11.6 Å². The van der Waals surface area contributed by atoms with E-state index in [9.17, 15) is 19.5 Å². The van der Waals surface area contributed by atoms with Gasteiger partial charge in [0, 0.05) is 12.8 Å². The normalized spacial score (nSPS) is 41.6. The maximum atomic E-state index is 12.9. The van der Waals surface area contributed by atoms with Crippen molar-refractivity contribution >= 4 is 17.5 Å². The molecule has 5 heteroatoms. The molecule has 4 rings (SSSR count). The zero-order valence-corrected chi connectivity index (χ0v) is 19.3. The van der Waals surface area contributed by atoms with Crippen LogP contribution in [-0.2, 0) is 19.1 Å². The van der Waals surface area contributed by atoms with E-state index in [1.807, 2.05) is 13.0 Å². The molecule has 4 aliphatic carbocycles. The first-order valence-electron chi connectivity index (χ1n) is 12.3. The van der Waals surface area contributed by atoms with Crippen LogP contribution in [0.15, 0.2) is 11.6 Å². The Morgan fingerprint density at radius 2 is 1.94 bits per heavy atom. The Hall–Kier alpha value is -1.49. The molecule has 0 saturated heterocycles. The number of esters is 1. The van der Waals surface area contributed by atoms with Gasteiger partial charge in [0.1, 0.15) is 12.7 Å².